The first kappa shape index (κ1) is 35.2. The first-order valence-electron chi connectivity index (χ1n) is 14.0. The maximum absolute atomic E-state index is 13.2. The number of nitrogen functional groups attached to an aromatic ring is 1. The maximum atomic E-state index is 13.2. The molecule has 1 fully saturated rings. The summed E-state index contributed by atoms with van der Waals surface area (Å²) in [6.45, 7) is 5.59. The molecule has 3 heterocycles. The van der Waals surface area contributed by atoms with Crippen LogP contribution in [0.3, 0.4) is 0 Å². The number of carboxylic acids is 1. The van der Waals surface area contributed by atoms with Crippen LogP contribution in [0.2, 0.25) is 0 Å². The third-order valence-electron chi connectivity index (χ3n) is 7.19. The molecule has 1 unspecified atom stereocenters. The van der Waals surface area contributed by atoms with Crippen molar-refractivity contribution in [3.05, 3.63) is 47.1 Å². The molecule has 18 nitrogen and oxygen atoms in total. The van der Waals surface area contributed by atoms with E-state index < -0.39 is 58.2 Å². The van der Waals surface area contributed by atoms with Crippen LogP contribution in [0.5, 0.6) is 5.75 Å². The lowest BCUT2D eigenvalue weighted by Gasteiger charge is -2.50. The van der Waals surface area contributed by atoms with Gasteiger partial charge in [0.2, 0.25) is 0 Å². The largest absolute Gasteiger partial charge is 0.489 e. The fourth-order valence-corrected chi connectivity index (χ4v) is 5.80. The zero-order valence-electron chi connectivity index (χ0n) is 25.8. The Bertz CT molecular complexity index is 1790. The number of thiazole rings is 1. The number of nitrogens with zero attached hydrogens (tertiary/aromatic N) is 5. The van der Waals surface area contributed by atoms with Gasteiger partial charge >= 0.3 is 16.4 Å². The number of benzene rings is 1. The van der Waals surface area contributed by atoms with Crippen LogP contribution in [0.1, 0.15) is 31.5 Å². The Balaban J connectivity index is 1.46. The predicted molar refractivity (Wildman–Crippen MR) is 166 cm³/mol. The Hall–Kier alpha value is -4.63. The fraction of sp³-hybridized carbons (Fsp3) is 0.407. The van der Waals surface area contributed by atoms with Gasteiger partial charge < -0.3 is 31.5 Å². The number of hydrogen-bond donors (Lipinski definition) is 5. The highest BCUT2D eigenvalue weighted by Crippen LogP contribution is 2.33. The van der Waals surface area contributed by atoms with Crippen molar-refractivity contribution in [1.29, 1.82) is 0 Å². The summed E-state index contributed by atoms with van der Waals surface area (Å²) >= 11 is 0.961. The normalized spacial score (nSPS) is 16.8. The zero-order valence-corrected chi connectivity index (χ0v) is 27.4. The van der Waals surface area contributed by atoms with Gasteiger partial charge in [0, 0.05) is 22.9 Å². The lowest BCUT2D eigenvalue weighted by Crippen LogP contribution is -2.76. The topological polar surface area (TPSA) is 255 Å². The molecule has 1 saturated heterocycles. The average molecular weight is 696 g/mol. The van der Waals surface area contributed by atoms with E-state index in [-0.39, 0.29) is 10.8 Å². The molecule has 1 aromatic carbocycles. The number of aryl methyl sites for hydroxylation is 2. The Morgan fingerprint density at radius 1 is 1.28 bits per heavy atom. The minimum absolute atomic E-state index is 0.0609. The van der Waals surface area contributed by atoms with Crippen molar-refractivity contribution in [2.24, 2.45) is 17.9 Å². The van der Waals surface area contributed by atoms with Crippen molar-refractivity contribution >= 4 is 50.4 Å². The predicted octanol–water partition coefficient (Wildman–Crippen LogP) is -0.232. The molecule has 254 valence electrons. The zero-order chi connectivity index (χ0) is 34.7. The number of oxime groups is 1. The first-order valence-corrected chi connectivity index (χ1v) is 16.3. The van der Waals surface area contributed by atoms with Crippen molar-refractivity contribution in [2.45, 2.75) is 51.4 Å². The van der Waals surface area contributed by atoms with Gasteiger partial charge in [0.25, 0.3) is 17.9 Å². The summed E-state index contributed by atoms with van der Waals surface area (Å²) < 4.78 is 45.2. The summed E-state index contributed by atoms with van der Waals surface area (Å²) in [6, 6.07) is 5.70. The number of hydrogen-bond acceptors (Lipinski definition) is 13. The number of aliphatic carboxylic acids is 1. The monoisotopic (exact) mass is 695 g/mol. The number of aromatic nitrogens is 3. The van der Waals surface area contributed by atoms with Gasteiger partial charge in [-0.05, 0) is 51.6 Å². The summed E-state index contributed by atoms with van der Waals surface area (Å²) in [6.07, 6.45) is 1.20. The minimum atomic E-state index is -5.02. The molecule has 1 aliphatic rings. The molecule has 2 aromatic heterocycles. The van der Waals surface area contributed by atoms with Gasteiger partial charge in [-0.25, -0.2) is 9.78 Å². The van der Waals surface area contributed by atoms with E-state index in [4.69, 9.17) is 25.6 Å². The number of hydroxylamine groups is 2. The van der Waals surface area contributed by atoms with Crippen LogP contribution in [0.15, 0.2) is 41.0 Å². The summed E-state index contributed by atoms with van der Waals surface area (Å²) in [4.78, 5) is 46.9. The number of carbonyl (C=O) groups excluding carboxylic acids is 2. The van der Waals surface area contributed by atoms with Crippen LogP contribution in [0.4, 0.5) is 5.13 Å². The molecule has 0 aliphatic carbocycles. The number of amides is 2. The Morgan fingerprint density at radius 2 is 1.96 bits per heavy atom. The van der Waals surface area contributed by atoms with E-state index in [1.807, 2.05) is 37.0 Å². The van der Waals surface area contributed by atoms with Crippen molar-refractivity contribution in [2.75, 3.05) is 18.9 Å². The molecule has 0 bridgehead atoms. The molecule has 2 atom stereocenters. The highest BCUT2D eigenvalue weighted by Gasteiger charge is 2.58. The Morgan fingerprint density at radius 3 is 2.51 bits per heavy atom. The molecule has 3 aromatic rings. The van der Waals surface area contributed by atoms with E-state index >= 15 is 0 Å². The van der Waals surface area contributed by atoms with Crippen molar-refractivity contribution < 1.29 is 51.0 Å². The van der Waals surface area contributed by atoms with Gasteiger partial charge in [0.15, 0.2) is 23.6 Å². The van der Waals surface area contributed by atoms with Gasteiger partial charge in [-0.2, -0.15) is 18.2 Å². The van der Waals surface area contributed by atoms with E-state index in [9.17, 15) is 27.9 Å². The Kier molecular flexibility index (Phi) is 10.5. The average Bonchev–Trinajstić information content (AvgIpc) is 3.55. The number of nitrogens with one attached hydrogen (secondary N) is 1. The molecular weight excluding hydrogens is 660 g/mol. The van der Waals surface area contributed by atoms with Crippen LogP contribution in [-0.4, -0.2) is 87.1 Å². The van der Waals surface area contributed by atoms with E-state index in [1.165, 1.54) is 19.2 Å². The van der Waals surface area contributed by atoms with Gasteiger partial charge in [-0.3, -0.25) is 14.1 Å². The highest BCUT2D eigenvalue weighted by molar-refractivity contribution is 7.80. The smallest absolute Gasteiger partial charge is 0.418 e. The third kappa shape index (κ3) is 8.03. The van der Waals surface area contributed by atoms with Crippen molar-refractivity contribution in [3.63, 3.8) is 0 Å². The number of ether oxygens (including phenoxy) is 1. The summed E-state index contributed by atoms with van der Waals surface area (Å²) in [5, 5.41) is 17.7. The molecule has 0 radical (unpaired) electrons. The van der Waals surface area contributed by atoms with E-state index in [0.717, 1.165) is 41.1 Å². The van der Waals surface area contributed by atoms with Crippen molar-refractivity contribution in [1.82, 2.24) is 20.0 Å². The quantitative estimate of drug-likeness (QED) is 0.0453. The number of β-lactam (4-membered cyclic amide) rings is 1. The summed E-state index contributed by atoms with van der Waals surface area (Å²) in [5.41, 5.74) is 12.3. The van der Waals surface area contributed by atoms with Crippen LogP contribution < -0.4 is 26.2 Å². The van der Waals surface area contributed by atoms with Gasteiger partial charge in [0.05, 0.1) is 12.6 Å². The Labute approximate surface area is 273 Å². The van der Waals surface area contributed by atoms with Crippen LogP contribution in [0.25, 0.3) is 11.3 Å². The maximum Gasteiger partial charge on any atom is 0.418 e. The first-order chi connectivity index (χ1) is 22.0. The molecule has 7 N–H and O–H groups in total. The van der Waals surface area contributed by atoms with E-state index in [1.54, 1.807) is 12.1 Å². The fourth-order valence-electron chi connectivity index (χ4n) is 4.80. The highest BCUT2D eigenvalue weighted by atomic mass is 32.3. The number of anilines is 1. The third-order valence-corrected chi connectivity index (χ3v) is 8.20. The minimum Gasteiger partial charge on any atom is -0.489 e. The lowest BCUT2D eigenvalue weighted by atomic mass is 9.84. The summed E-state index contributed by atoms with van der Waals surface area (Å²) in [7, 11) is -3.07. The van der Waals surface area contributed by atoms with Gasteiger partial charge in [-0.1, -0.05) is 5.16 Å². The molecular formula is C27H35N8O10S2+. The molecule has 2 amide bonds. The van der Waals surface area contributed by atoms with Crippen LogP contribution >= 0.6 is 11.3 Å². The second-order valence-electron chi connectivity index (χ2n) is 11.0. The lowest BCUT2D eigenvalue weighted by molar-refractivity contribution is -0.772. The molecule has 0 spiro atoms. The van der Waals surface area contributed by atoms with Gasteiger partial charge in [0.1, 0.15) is 29.8 Å². The standard InChI is InChI=1S/C27H34N8O10S2/c1-15-12-34(11-5-10-28)33(4)21(15)16-6-8-17(9-7-16)43-13-19(25(38)39)44-32-20(18-14-46-26(29)30-18)23(36)31-22-24(37)35(27(22,2)3)45-47(40,41)42/h6-9,12,14,19,22H,5,10-11,13,28H2,1-4H3,(H4-,29,30,31,36,38,39,40,41,42)/p+1/b32-20-/t19?,22-/m1/s1. The second-order valence-corrected chi connectivity index (χ2v) is 12.9. The number of carbonyl (C=O) groups is 3. The molecule has 0 saturated carbocycles. The summed E-state index contributed by atoms with van der Waals surface area (Å²) in [5.74, 6) is -3.11. The molecule has 47 heavy (non-hydrogen) atoms. The SMILES string of the molecule is Cc1c[n+](CCCN)n(C)c1-c1ccc(OCC(O/N=C(\C(=O)N[C@@H]2C(=O)N(OS(=O)(=O)O)C2(C)C)c2csc(N)n2)C(=O)O)cc1. The molecule has 20 heteroatoms. The van der Waals surface area contributed by atoms with Crippen LogP contribution in [-0.2, 0) is 47.5 Å². The van der Waals surface area contributed by atoms with E-state index in [0.29, 0.717) is 17.4 Å². The number of nitrogens with two attached hydrogens (primary N) is 2. The second kappa shape index (κ2) is 14.0. The number of rotatable bonds is 15. The van der Waals surface area contributed by atoms with E-state index in [2.05, 4.69) is 24.4 Å². The van der Waals surface area contributed by atoms with Crippen LogP contribution in [0, 0.1) is 6.92 Å². The molecule has 1 aliphatic heterocycles. The number of carboxylic acid groups (broad SMARTS) is 1. The van der Waals surface area contributed by atoms with Crippen molar-refractivity contribution in [3.8, 4) is 17.0 Å². The van der Waals surface area contributed by atoms with Gasteiger partial charge in [-0.15, -0.1) is 20.3 Å². The molecule has 4 rings (SSSR count).